The molecule has 140 valence electrons. The Hall–Kier alpha value is -2.29. The summed E-state index contributed by atoms with van der Waals surface area (Å²) in [5.41, 5.74) is 0.564. The van der Waals surface area contributed by atoms with Crippen molar-refractivity contribution in [3.8, 4) is 0 Å². The standard InChI is InChI=1S/C17H18F3N3O2S/c1-12-11-26-16(25)23(12)10-15(24)22-7-5-21(6-8-22)14-4-2-3-13(9-14)17(18,19)20/h2-4,9,11H,5-8,10H2,1H3. The number of rotatable bonds is 3. The number of hydrogen-bond donors (Lipinski definition) is 0. The first kappa shape index (κ1) is 18.5. The molecule has 9 heteroatoms. The zero-order valence-corrected chi connectivity index (χ0v) is 14.9. The third-order valence-electron chi connectivity index (χ3n) is 4.44. The molecule has 0 N–H and O–H groups in total. The molecule has 1 aliphatic heterocycles. The van der Waals surface area contributed by atoms with Crippen LogP contribution >= 0.6 is 11.3 Å². The van der Waals surface area contributed by atoms with Gasteiger partial charge in [0.15, 0.2) is 0 Å². The van der Waals surface area contributed by atoms with E-state index in [9.17, 15) is 22.8 Å². The van der Waals surface area contributed by atoms with Crippen LogP contribution in [0, 0.1) is 6.92 Å². The van der Waals surface area contributed by atoms with Gasteiger partial charge in [-0.3, -0.25) is 14.2 Å². The average Bonchev–Trinajstić information content (AvgIpc) is 2.93. The Kier molecular flexibility index (Phi) is 5.08. The van der Waals surface area contributed by atoms with Crippen molar-refractivity contribution in [3.63, 3.8) is 0 Å². The third kappa shape index (κ3) is 3.92. The second-order valence-corrected chi connectivity index (χ2v) is 6.97. The second-order valence-electron chi connectivity index (χ2n) is 6.15. The maximum Gasteiger partial charge on any atom is 0.416 e. The summed E-state index contributed by atoms with van der Waals surface area (Å²) in [4.78, 5) is 27.4. The summed E-state index contributed by atoms with van der Waals surface area (Å²) in [6.07, 6.45) is -4.38. The lowest BCUT2D eigenvalue weighted by Crippen LogP contribution is -2.50. The van der Waals surface area contributed by atoms with E-state index in [1.807, 2.05) is 4.90 Å². The summed E-state index contributed by atoms with van der Waals surface area (Å²) < 4.78 is 40.0. The van der Waals surface area contributed by atoms with E-state index >= 15 is 0 Å². The molecule has 0 unspecified atom stereocenters. The molecule has 0 bridgehead atoms. The van der Waals surface area contributed by atoms with Gasteiger partial charge in [0.05, 0.1) is 5.56 Å². The fourth-order valence-electron chi connectivity index (χ4n) is 2.92. The number of alkyl halides is 3. The molecule has 1 amide bonds. The fourth-order valence-corrected chi connectivity index (χ4v) is 3.66. The van der Waals surface area contributed by atoms with Crippen molar-refractivity contribution in [3.05, 3.63) is 50.6 Å². The van der Waals surface area contributed by atoms with Crippen molar-refractivity contribution >= 4 is 22.9 Å². The summed E-state index contributed by atoms with van der Waals surface area (Å²) in [6, 6.07) is 5.21. The van der Waals surface area contributed by atoms with Crippen molar-refractivity contribution in [2.45, 2.75) is 19.6 Å². The predicted molar refractivity (Wildman–Crippen MR) is 93.6 cm³/mol. The van der Waals surface area contributed by atoms with Crippen LogP contribution in [-0.4, -0.2) is 41.6 Å². The van der Waals surface area contributed by atoms with Crippen LogP contribution in [0.1, 0.15) is 11.3 Å². The van der Waals surface area contributed by atoms with Gasteiger partial charge in [-0.25, -0.2) is 0 Å². The number of carbonyl (C=O) groups is 1. The van der Waals surface area contributed by atoms with E-state index in [2.05, 4.69) is 0 Å². The molecule has 1 fully saturated rings. The number of halogens is 3. The van der Waals surface area contributed by atoms with E-state index < -0.39 is 11.7 Å². The van der Waals surface area contributed by atoms with Crippen LogP contribution in [0.15, 0.2) is 34.4 Å². The lowest BCUT2D eigenvalue weighted by molar-refractivity contribution is -0.137. The van der Waals surface area contributed by atoms with Gasteiger partial charge in [0.1, 0.15) is 6.54 Å². The minimum absolute atomic E-state index is 0.00226. The van der Waals surface area contributed by atoms with Gasteiger partial charge in [-0.2, -0.15) is 13.2 Å². The SMILES string of the molecule is Cc1csc(=O)n1CC(=O)N1CCN(c2cccc(C(F)(F)F)c2)CC1. The largest absolute Gasteiger partial charge is 0.416 e. The smallest absolute Gasteiger partial charge is 0.368 e. The topological polar surface area (TPSA) is 45.6 Å². The maximum atomic E-state index is 12.9. The number of nitrogens with zero attached hydrogens (tertiary/aromatic N) is 3. The Morgan fingerprint density at radius 3 is 2.46 bits per heavy atom. The van der Waals surface area contributed by atoms with Gasteiger partial charge in [0.2, 0.25) is 5.91 Å². The molecule has 5 nitrogen and oxygen atoms in total. The molecule has 26 heavy (non-hydrogen) atoms. The van der Waals surface area contributed by atoms with Gasteiger partial charge >= 0.3 is 11.0 Å². The van der Waals surface area contributed by atoms with Crippen molar-refractivity contribution in [2.75, 3.05) is 31.1 Å². The van der Waals surface area contributed by atoms with Gasteiger partial charge < -0.3 is 9.80 Å². The highest BCUT2D eigenvalue weighted by Gasteiger charge is 2.31. The van der Waals surface area contributed by atoms with E-state index in [0.717, 1.165) is 29.2 Å². The number of aromatic nitrogens is 1. The summed E-state index contributed by atoms with van der Waals surface area (Å²) >= 11 is 1.06. The molecule has 1 aromatic carbocycles. The molecule has 0 spiro atoms. The first-order valence-electron chi connectivity index (χ1n) is 8.10. The van der Waals surface area contributed by atoms with Crippen LogP contribution in [0.3, 0.4) is 0 Å². The van der Waals surface area contributed by atoms with Gasteiger partial charge in [0.25, 0.3) is 0 Å². The van der Waals surface area contributed by atoms with E-state index in [4.69, 9.17) is 0 Å². The number of benzene rings is 1. The van der Waals surface area contributed by atoms with E-state index in [1.165, 1.54) is 10.6 Å². The summed E-state index contributed by atoms with van der Waals surface area (Å²) in [6.45, 7) is 3.49. The quantitative estimate of drug-likeness (QED) is 0.816. The van der Waals surface area contributed by atoms with Crippen LogP contribution in [0.25, 0.3) is 0 Å². The highest BCUT2D eigenvalue weighted by Crippen LogP contribution is 2.31. The normalized spacial score (nSPS) is 15.4. The Morgan fingerprint density at radius 1 is 1.19 bits per heavy atom. The van der Waals surface area contributed by atoms with Gasteiger partial charge in [-0.15, -0.1) is 0 Å². The molecular weight excluding hydrogens is 367 g/mol. The number of thiazole rings is 1. The molecular formula is C17H18F3N3O2S. The number of anilines is 1. The van der Waals surface area contributed by atoms with Gasteiger partial charge in [-0.1, -0.05) is 17.4 Å². The number of carbonyl (C=O) groups excluding carboxylic acids is 1. The monoisotopic (exact) mass is 385 g/mol. The molecule has 0 atom stereocenters. The van der Waals surface area contributed by atoms with Crippen molar-refractivity contribution in [2.24, 2.45) is 0 Å². The minimum atomic E-state index is -4.38. The number of hydrogen-bond acceptors (Lipinski definition) is 4. The Morgan fingerprint density at radius 2 is 1.88 bits per heavy atom. The summed E-state index contributed by atoms with van der Waals surface area (Å²) in [5.74, 6) is -0.155. The second kappa shape index (κ2) is 7.14. The number of piperazine rings is 1. The van der Waals surface area contributed by atoms with Crippen LogP contribution in [0.4, 0.5) is 18.9 Å². The molecule has 1 aliphatic rings. The third-order valence-corrected chi connectivity index (χ3v) is 5.32. The lowest BCUT2D eigenvalue weighted by Gasteiger charge is -2.36. The molecule has 0 saturated carbocycles. The average molecular weight is 385 g/mol. The van der Waals surface area contributed by atoms with Crippen LogP contribution in [-0.2, 0) is 17.5 Å². The van der Waals surface area contributed by atoms with Crippen LogP contribution in [0.5, 0.6) is 0 Å². The first-order valence-corrected chi connectivity index (χ1v) is 8.98. The molecule has 2 aromatic rings. The zero-order valence-electron chi connectivity index (χ0n) is 14.1. The van der Waals surface area contributed by atoms with Crippen molar-refractivity contribution in [1.29, 1.82) is 0 Å². The van der Waals surface area contributed by atoms with E-state index in [0.29, 0.717) is 31.9 Å². The summed E-state index contributed by atoms with van der Waals surface area (Å²) in [5, 5.41) is 1.71. The number of aryl methyl sites for hydroxylation is 1. The van der Waals surface area contributed by atoms with Crippen molar-refractivity contribution in [1.82, 2.24) is 9.47 Å². The molecule has 1 aromatic heterocycles. The maximum absolute atomic E-state index is 12.9. The molecule has 0 radical (unpaired) electrons. The fraction of sp³-hybridized carbons (Fsp3) is 0.412. The molecule has 0 aliphatic carbocycles. The van der Waals surface area contributed by atoms with Gasteiger partial charge in [0, 0.05) is 42.9 Å². The van der Waals surface area contributed by atoms with Gasteiger partial charge in [-0.05, 0) is 25.1 Å². The summed E-state index contributed by atoms with van der Waals surface area (Å²) in [7, 11) is 0. The Labute approximate surface area is 152 Å². The Balaban J connectivity index is 1.62. The first-order chi connectivity index (χ1) is 12.3. The molecule has 3 rings (SSSR count). The Bertz CT molecular complexity index is 851. The van der Waals surface area contributed by atoms with Crippen LogP contribution in [0.2, 0.25) is 0 Å². The van der Waals surface area contributed by atoms with E-state index in [1.54, 1.807) is 23.3 Å². The number of amides is 1. The molecule has 1 saturated heterocycles. The zero-order chi connectivity index (χ0) is 18.9. The highest BCUT2D eigenvalue weighted by atomic mass is 32.1. The van der Waals surface area contributed by atoms with E-state index in [-0.39, 0.29) is 17.3 Å². The predicted octanol–water partition coefficient (Wildman–Crippen LogP) is 2.59. The molecule has 2 heterocycles. The lowest BCUT2D eigenvalue weighted by atomic mass is 10.1. The van der Waals surface area contributed by atoms with Crippen LogP contribution < -0.4 is 9.77 Å². The highest BCUT2D eigenvalue weighted by molar-refractivity contribution is 7.07. The van der Waals surface area contributed by atoms with Crippen molar-refractivity contribution < 1.29 is 18.0 Å². The minimum Gasteiger partial charge on any atom is -0.368 e.